The highest BCUT2D eigenvalue weighted by molar-refractivity contribution is 6.13. The van der Waals surface area contributed by atoms with Crippen molar-refractivity contribution in [2.45, 2.75) is 33.8 Å². The molecule has 1 heterocycles. The van der Waals surface area contributed by atoms with Gasteiger partial charge in [0.1, 0.15) is 12.3 Å². The molecule has 6 heteroatoms. The molecule has 1 N–H and O–H groups in total. The Labute approximate surface area is 183 Å². The predicted octanol–water partition coefficient (Wildman–Crippen LogP) is 4.61. The van der Waals surface area contributed by atoms with E-state index < -0.39 is 6.03 Å². The molecule has 0 unspecified atom stereocenters. The zero-order valence-electron chi connectivity index (χ0n) is 18.2. The number of hydrogen-bond donors (Lipinski definition) is 1. The number of allylic oxidation sites excluding steroid dienone is 1. The monoisotopic (exact) mass is 420 g/mol. The number of rotatable bonds is 9. The molecule has 1 saturated heterocycles. The molecule has 0 aliphatic carbocycles. The van der Waals surface area contributed by atoms with Gasteiger partial charge in [0.15, 0.2) is 11.5 Å². The Morgan fingerprint density at radius 2 is 1.84 bits per heavy atom. The van der Waals surface area contributed by atoms with Gasteiger partial charge >= 0.3 is 6.03 Å². The number of ether oxygens (including phenoxy) is 2. The van der Waals surface area contributed by atoms with Crippen LogP contribution in [-0.4, -0.2) is 30.0 Å². The molecule has 6 nitrogen and oxygen atoms in total. The van der Waals surface area contributed by atoms with Gasteiger partial charge in [0.25, 0.3) is 5.91 Å². The summed E-state index contributed by atoms with van der Waals surface area (Å²) in [5.74, 6) is 0.904. The molecule has 162 valence electrons. The van der Waals surface area contributed by atoms with E-state index in [1.165, 1.54) is 10.5 Å². The van der Waals surface area contributed by atoms with Crippen molar-refractivity contribution in [1.29, 1.82) is 0 Å². The molecule has 0 aromatic heterocycles. The molecule has 3 amide bonds. The quantitative estimate of drug-likeness (QED) is 0.365. The zero-order valence-corrected chi connectivity index (χ0v) is 18.2. The highest BCUT2D eigenvalue weighted by atomic mass is 16.5. The minimum Gasteiger partial charge on any atom is -0.490 e. The van der Waals surface area contributed by atoms with Crippen molar-refractivity contribution in [2.24, 2.45) is 0 Å². The molecule has 31 heavy (non-hydrogen) atoms. The second kappa shape index (κ2) is 9.98. The SMILES string of the molecule is C=CCc1cc(/C=C2\NC(=O)N(CC)C2=O)cc(OCC)c1OCc1ccc(C)cc1. The number of carbonyl (C=O) groups is 2. The predicted molar refractivity (Wildman–Crippen MR) is 121 cm³/mol. The van der Waals surface area contributed by atoms with E-state index in [1.807, 2.05) is 38.1 Å². The number of aryl methyl sites for hydroxylation is 1. The topological polar surface area (TPSA) is 67.9 Å². The summed E-state index contributed by atoms with van der Waals surface area (Å²) in [4.78, 5) is 25.5. The van der Waals surface area contributed by atoms with Gasteiger partial charge in [-0.1, -0.05) is 35.9 Å². The average Bonchev–Trinajstić information content (AvgIpc) is 3.01. The van der Waals surface area contributed by atoms with Crippen molar-refractivity contribution in [3.63, 3.8) is 0 Å². The summed E-state index contributed by atoms with van der Waals surface area (Å²) in [7, 11) is 0. The second-order valence-electron chi connectivity index (χ2n) is 7.24. The van der Waals surface area contributed by atoms with E-state index in [4.69, 9.17) is 9.47 Å². The Bertz CT molecular complexity index is 1010. The van der Waals surface area contributed by atoms with E-state index in [-0.39, 0.29) is 11.6 Å². The van der Waals surface area contributed by atoms with Gasteiger partial charge in [-0.05, 0) is 56.5 Å². The second-order valence-corrected chi connectivity index (χ2v) is 7.24. The van der Waals surface area contributed by atoms with Crippen molar-refractivity contribution in [1.82, 2.24) is 10.2 Å². The average molecular weight is 421 g/mol. The zero-order chi connectivity index (χ0) is 22.4. The van der Waals surface area contributed by atoms with Crippen molar-refractivity contribution in [2.75, 3.05) is 13.2 Å². The molecule has 0 bridgehead atoms. The molecule has 0 saturated carbocycles. The lowest BCUT2D eigenvalue weighted by Crippen LogP contribution is -2.30. The molecule has 0 atom stereocenters. The molecular formula is C25H28N2O4. The number of imide groups is 1. The summed E-state index contributed by atoms with van der Waals surface area (Å²) in [6.45, 7) is 10.8. The van der Waals surface area contributed by atoms with E-state index in [0.29, 0.717) is 37.7 Å². The number of nitrogens with zero attached hydrogens (tertiary/aromatic N) is 1. The van der Waals surface area contributed by atoms with Crippen LogP contribution in [0.2, 0.25) is 0 Å². The van der Waals surface area contributed by atoms with Gasteiger partial charge in [0.05, 0.1) is 6.61 Å². The lowest BCUT2D eigenvalue weighted by Gasteiger charge is -2.17. The summed E-state index contributed by atoms with van der Waals surface area (Å²) in [6.07, 6.45) is 4.03. The molecule has 2 aromatic carbocycles. The highest BCUT2D eigenvalue weighted by Crippen LogP contribution is 2.35. The molecule has 0 spiro atoms. The van der Waals surface area contributed by atoms with Crippen LogP contribution in [-0.2, 0) is 17.8 Å². The molecule has 1 aliphatic heterocycles. The smallest absolute Gasteiger partial charge is 0.328 e. The minimum absolute atomic E-state index is 0.243. The van der Waals surface area contributed by atoms with Crippen molar-refractivity contribution >= 4 is 18.0 Å². The number of benzene rings is 2. The van der Waals surface area contributed by atoms with Crippen LogP contribution in [0.15, 0.2) is 54.8 Å². The number of carbonyl (C=O) groups excluding carboxylic acids is 2. The van der Waals surface area contributed by atoms with Gasteiger partial charge < -0.3 is 14.8 Å². The third-order valence-electron chi connectivity index (χ3n) is 4.91. The fraction of sp³-hybridized carbons (Fsp3) is 0.280. The molecule has 1 fully saturated rings. The van der Waals surface area contributed by atoms with Crippen LogP contribution in [0.4, 0.5) is 4.79 Å². The third kappa shape index (κ3) is 5.15. The lowest BCUT2D eigenvalue weighted by atomic mass is 10.0. The number of nitrogens with one attached hydrogen (secondary N) is 1. The summed E-state index contributed by atoms with van der Waals surface area (Å²) >= 11 is 0. The number of likely N-dealkylation sites (N-methyl/N-ethyl adjacent to an activating group) is 1. The Kier molecular flexibility index (Phi) is 7.13. The van der Waals surface area contributed by atoms with E-state index >= 15 is 0 Å². The summed E-state index contributed by atoms with van der Waals surface area (Å²) < 4.78 is 12.0. The van der Waals surface area contributed by atoms with Gasteiger partial charge in [0.2, 0.25) is 0 Å². The van der Waals surface area contributed by atoms with Gasteiger partial charge in [-0.15, -0.1) is 6.58 Å². The van der Waals surface area contributed by atoms with Crippen LogP contribution in [0.1, 0.15) is 36.1 Å². The molecule has 1 aliphatic rings. The van der Waals surface area contributed by atoms with Crippen LogP contribution in [0.25, 0.3) is 6.08 Å². The standard InChI is InChI=1S/C25H28N2O4/c1-5-8-20-13-19(14-21-24(28)27(6-2)25(29)26-21)15-22(30-7-3)23(20)31-16-18-11-9-17(4)10-12-18/h5,9-15H,1,6-8,16H2,2-4H3,(H,26,29)/b21-14-. The van der Waals surface area contributed by atoms with E-state index in [2.05, 4.69) is 24.0 Å². The first-order valence-electron chi connectivity index (χ1n) is 10.4. The van der Waals surface area contributed by atoms with Gasteiger partial charge in [-0.25, -0.2) is 4.79 Å². The van der Waals surface area contributed by atoms with Crippen molar-refractivity contribution < 1.29 is 19.1 Å². The highest BCUT2D eigenvalue weighted by Gasteiger charge is 2.32. The number of urea groups is 1. The normalized spacial score (nSPS) is 14.7. The van der Waals surface area contributed by atoms with Crippen molar-refractivity contribution in [3.05, 3.63) is 77.0 Å². The Morgan fingerprint density at radius 1 is 1.10 bits per heavy atom. The maximum absolute atomic E-state index is 12.4. The van der Waals surface area contributed by atoms with Gasteiger partial charge in [-0.3, -0.25) is 9.69 Å². The van der Waals surface area contributed by atoms with E-state index in [9.17, 15) is 9.59 Å². The molecule has 2 aromatic rings. The van der Waals surface area contributed by atoms with Crippen LogP contribution < -0.4 is 14.8 Å². The van der Waals surface area contributed by atoms with Gasteiger partial charge in [-0.2, -0.15) is 0 Å². The van der Waals surface area contributed by atoms with Crippen LogP contribution in [0, 0.1) is 6.92 Å². The lowest BCUT2D eigenvalue weighted by molar-refractivity contribution is -0.122. The fourth-order valence-corrected chi connectivity index (χ4v) is 3.37. The molecule has 0 radical (unpaired) electrons. The molecule has 3 rings (SSSR count). The summed E-state index contributed by atoms with van der Waals surface area (Å²) in [5, 5.41) is 2.63. The maximum Gasteiger partial charge on any atom is 0.328 e. The Balaban J connectivity index is 1.95. The van der Waals surface area contributed by atoms with Crippen LogP contribution in [0.3, 0.4) is 0 Å². The number of hydrogen-bond acceptors (Lipinski definition) is 4. The number of amides is 3. The van der Waals surface area contributed by atoms with Crippen LogP contribution >= 0.6 is 0 Å². The summed E-state index contributed by atoms with van der Waals surface area (Å²) in [5.41, 5.74) is 4.13. The van der Waals surface area contributed by atoms with Crippen LogP contribution in [0.5, 0.6) is 11.5 Å². The van der Waals surface area contributed by atoms with Gasteiger partial charge in [0, 0.05) is 12.1 Å². The first kappa shape index (κ1) is 22.2. The Morgan fingerprint density at radius 3 is 2.45 bits per heavy atom. The largest absolute Gasteiger partial charge is 0.490 e. The maximum atomic E-state index is 12.4. The first-order chi connectivity index (χ1) is 15.0. The third-order valence-corrected chi connectivity index (χ3v) is 4.91. The molecular weight excluding hydrogens is 392 g/mol. The first-order valence-corrected chi connectivity index (χ1v) is 10.4. The minimum atomic E-state index is -0.409. The Hall–Kier alpha value is -3.54. The fourth-order valence-electron chi connectivity index (χ4n) is 3.37. The summed E-state index contributed by atoms with van der Waals surface area (Å²) in [6, 6.07) is 11.5. The van der Waals surface area contributed by atoms with E-state index in [0.717, 1.165) is 16.7 Å². The van der Waals surface area contributed by atoms with E-state index in [1.54, 1.807) is 19.1 Å². The van der Waals surface area contributed by atoms with Crippen molar-refractivity contribution in [3.8, 4) is 11.5 Å².